The molecule has 0 radical (unpaired) electrons. The lowest BCUT2D eigenvalue weighted by Crippen LogP contribution is -2.25. The minimum atomic E-state index is -0.0948. The molecule has 144 valence electrons. The van der Waals surface area contributed by atoms with Gasteiger partial charge in [-0.15, -0.1) is 0 Å². The lowest BCUT2D eigenvalue weighted by molar-refractivity contribution is -0.116. The average Bonchev–Trinajstić information content (AvgIpc) is 3.12. The fourth-order valence-corrected chi connectivity index (χ4v) is 3.63. The number of amides is 1. The summed E-state index contributed by atoms with van der Waals surface area (Å²) < 4.78 is 7.76. The van der Waals surface area contributed by atoms with Crippen LogP contribution < -0.4 is 10.1 Å². The summed E-state index contributed by atoms with van der Waals surface area (Å²) in [6.07, 6.45) is 4.27. The van der Waals surface area contributed by atoms with Crippen LogP contribution in [-0.4, -0.2) is 22.3 Å². The van der Waals surface area contributed by atoms with Gasteiger partial charge in [-0.25, -0.2) is 4.68 Å². The molecule has 0 saturated carbocycles. The van der Waals surface area contributed by atoms with E-state index in [0.717, 1.165) is 35.4 Å². The number of hydrogen-bond acceptors (Lipinski definition) is 3. The van der Waals surface area contributed by atoms with Crippen molar-refractivity contribution in [3.05, 3.63) is 70.9 Å². The summed E-state index contributed by atoms with van der Waals surface area (Å²) in [7, 11) is 0. The lowest BCUT2D eigenvalue weighted by atomic mass is 9.87. The van der Waals surface area contributed by atoms with E-state index >= 15 is 0 Å². The third kappa shape index (κ3) is 3.62. The van der Waals surface area contributed by atoms with Crippen LogP contribution in [0.3, 0.4) is 0 Å². The van der Waals surface area contributed by atoms with Crippen molar-refractivity contribution in [2.75, 3.05) is 11.9 Å². The number of nitrogens with one attached hydrogen (secondary N) is 1. The number of rotatable bonds is 6. The third-order valence-electron chi connectivity index (χ3n) is 4.94. The first-order valence-electron chi connectivity index (χ1n) is 9.52. The zero-order chi connectivity index (χ0) is 19.5. The number of anilines is 1. The lowest BCUT2D eigenvalue weighted by Gasteiger charge is -2.25. The highest BCUT2D eigenvalue weighted by Gasteiger charge is 2.32. The Morgan fingerprint density at radius 3 is 2.75 bits per heavy atom. The maximum atomic E-state index is 12.5. The molecule has 3 aromatic rings. The molecule has 1 amide bonds. The van der Waals surface area contributed by atoms with Gasteiger partial charge in [-0.05, 0) is 36.8 Å². The number of carbonyl (C=O) groups is 1. The van der Waals surface area contributed by atoms with Crippen LogP contribution in [0.25, 0.3) is 5.69 Å². The summed E-state index contributed by atoms with van der Waals surface area (Å²) in [4.78, 5) is 12.5. The zero-order valence-corrected chi connectivity index (χ0v) is 16.4. The smallest absolute Gasteiger partial charge is 0.226 e. The second-order valence-corrected chi connectivity index (χ2v) is 7.32. The van der Waals surface area contributed by atoms with Gasteiger partial charge in [-0.2, -0.15) is 5.10 Å². The molecule has 6 heteroatoms. The molecule has 2 heterocycles. The van der Waals surface area contributed by atoms with Crippen molar-refractivity contribution in [1.82, 2.24) is 9.78 Å². The molecule has 28 heavy (non-hydrogen) atoms. The molecule has 1 atom stereocenters. The number of benzene rings is 2. The molecule has 0 spiro atoms. The molecule has 0 saturated heterocycles. The minimum absolute atomic E-state index is 0.0309. The van der Waals surface area contributed by atoms with Crippen molar-refractivity contribution < 1.29 is 9.53 Å². The fraction of sp³-hybridized carbons (Fsp3) is 0.273. The van der Waals surface area contributed by atoms with Gasteiger partial charge in [0.25, 0.3) is 0 Å². The van der Waals surface area contributed by atoms with E-state index in [1.165, 1.54) is 0 Å². The van der Waals surface area contributed by atoms with Gasteiger partial charge in [-0.1, -0.05) is 43.1 Å². The maximum absolute atomic E-state index is 12.5. The molecule has 0 bridgehead atoms. The Kier molecular flexibility index (Phi) is 5.35. The number of aromatic nitrogens is 2. The van der Waals surface area contributed by atoms with Crippen molar-refractivity contribution in [1.29, 1.82) is 0 Å². The molecule has 0 unspecified atom stereocenters. The molecule has 4 rings (SSSR count). The van der Waals surface area contributed by atoms with Gasteiger partial charge in [0.1, 0.15) is 11.6 Å². The van der Waals surface area contributed by atoms with Crippen molar-refractivity contribution in [3.8, 4) is 11.4 Å². The van der Waals surface area contributed by atoms with Crippen LogP contribution in [0.2, 0.25) is 5.02 Å². The van der Waals surface area contributed by atoms with Crippen LogP contribution >= 0.6 is 11.6 Å². The number of halogens is 1. The number of ether oxygens (including phenoxy) is 1. The van der Waals surface area contributed by atoms with E-state index in [1.807, 2.05) is 54.7 Å². The molecule has 5 nitrogen and oxygen atoms in total. The Balaban J connectivity index is 1.73. The van der Waals surface area contributed by atoms with Crippen molar-refractivity contribution in [2.45, 2.75) is 32.1 Å². The van der Waals surface area contributed by atoms with Crippen molar-refractivity contribution >= 4 is 23.3 Å². The van der Waals surface area contributed by atoms with E-state index in [9.17, 15) is 4.79 Å². The first-order chi connectivity index (χ1) is 13.7. The summed E-state index contributed by atoms with van der Waals surface area (Å²) in [5.41, 5.74) is 2.85. The summed E-state index contributed by atoms with van der Waals surface area (Å²) in [5, 5.41) is 8.17. The highest BCUT2D eigenvalue weighted by Crippen LogP contribution is 2.41. The summed E-state index contributed by atoms with van der Waals surface area (Å²) in [6, 6.07) is 15.3. The molecular weight excluding hydrogens is 374 g/mol. The van der Waals surface area contributed by atoms with E-state index in [-0.39, 0.29) is 11.8 Å². The van der Waals surface area contributed by atoms with Crippen molar-refractivity contribution in [3.63, 3.8) is 0 Å². The highest BCUT2D eigenvalue weighted by molar-refractivity contribution is 6.30. The number of para-hydroxylation sites is 1. The van der Waals surface area contributed by atoms with E-state index in [4.69, 9.17) is 16.3 Å². The van der Waals surface area contributed by atoms with E-state index in [1.54, 1.807) is 4.68 Å². The molecule has 1 aromatic heterocycles. The van der Waals surface area contributed by atoms with Crippen molar-refractivity contribution in [2.24, 2.45) is 0 Å². The number of nitrogens with zero attached hydrogens (tertiary/aromatic N) is 2. The Morgan fingerprint density at radius 2 is 1.96 bits per heavy atom. The SMILES string of the molecule is CCCCOc1ccccc1[C@@H]1CC(=O)Nc2c1cnn2-c1ccc(Cl)cc1. The summed E-state index contributed by atoms with van der Waals surface area (Å²) in [6.45, 7) is 2.81. The topological polar surface area (TPSA) is 56.1 Å². The molecule has 2 aromatic carbocycles. The van der Waals surface area contributed by atoms with Gasteiger partial charge in [0.15, 0.2) is 0 Å². The van der Waals surface area contributed by atoms with Gasteiger partial charge in [-0.3, -0.25) is 4.79 Å². The second kappa shape index (κ2) is 8.07. The molecular formula is C22H22ClN3O2. The fourth-order valence-electron chi connectivity index (χ4n) is 3.50. The summed E-state index contributed by atoms with van der Waals surface area (Å²) >= 11 is 6.00. The van der Waals surface area contributed by atoms with Crippen LogP contribution in [0.1, 0.15) is 43.2 Å². The second-order valence-electron chi connectivity index (χ2n) is 6.88. The number of hydrogen-bond donors (Lipinski definition) is 1. The molecule has 0 aliphatic carbocycles. The first kappa shape index (κ1) is 18.6. The molecule has 0 fully saturated rings. The van der Waals surface area contributed by atoms with Gasteiger partial charge < -0.3 is 10.1 Å². The number of unbranched alkanes of at least 4 members (excludes halogenated alkanes) is 1. The zero-order valence-electron chi connectivity index (χ0n) is 15.7. The number of fused-ring (bicyclic) bond motifs is 1. The molecule has 1 N–H and O–H groups in total. The predicted molar refractivity (Wildman–Crippen MR) is 111 cm³/mol. The standard InChI is InChI=1S/C22H22ClN3O2/c1-2-3-12-28-20-7-5-4-6-17(20)18-13-21(27)25-22-19(18)14-24-26(22)16-10-8-15(23)9-11-16/h4-11,14,18H,2-3,12-13H2,1H3,(H,25,27)/t18-/m0/s1. The minimum Gasteiger partial charge on any atom is -0.493 e. The van der Waals surface area contributed by atoms with Crippen LogP contribution in [0.5, 0.6) is 5.75 Å². The van der Waals surface area contributed by atoms with E-state index in [2.05, 4.69) is 17.3 Å². The Hall–Kier alpha value is -2.79. The van der Waals surface area contributed by atoms with Crippen LogP contribution in [0.4, 0.5) is 5.82 Å². The van der Waals surface area contributed by atoms with E-state index < -0.39 is 0 Å². The highest BCUT2D eigenvalue weighted by atomic mass is 35.5. The molecule has 1 aliphatic heterocycles. The Morgan fingerprint density at radius 1 is 1.18 bits per heavy atom. The maximum Gasteiger partial charge on any atom is 0.226 e. The third-order valence-corrected chi connectivity index (χ3v) is 5.19. The monoisotopic (exact) mass is 395 g/mol. The van der Waals surface area contributed by atoms with Crippen LogP contribution in [-0.2, 0) is 4.79 Å². The van der Waals surface area contributed by atoms with Crippen LogP contribution in [0.15, 0.2) is 54.7 Å². The molecule has 1 aliphatic rings. The van der Waals surface area contributed by atoms with Gasteiger partial charge in [0.05, 0.1) is 18.5 Å². The van der Waals surface area contributed by atoms with E-state index in [0.29, 0.717) is 23.9 Å². The van der Waals surface area contributed by atoms with Gasteiger partial charge in [0, 0.05) is 28.5 Å². The normalized spacial score (nSPS) is 15.8. The van der Waals surface area contributed by atoms with Gasteiger partial charge >= 0.3 is 0 Å². The van der Waals surface area contributed by atoms with Crippen LogP contribution in [0, 0.1) is 0 Å². The Bertz CT molecular complexity index is 982. The van der Waals surface area contributed by atoms with Gasteiger partial charge in [0.2, 0.25) is 5.91 Å². The summed E-state index contributed by atoms with van der Waals surface area (Å²) in [5.74, 6) is 1.41. The largest absolute Gasteiger partial charge is 0.493 e. The number of carbonyl (C=O) groups excluding carboxylic acids is 1. The Labute approximate surface area is 169 Å². The quantitative estimate of drug-likeness (QED) is 0.585. The predicted octanol–water partition coefficient (Wildman–Crippen LogP) is 5.18. The first-order valence-corrected chi connectivity index (χ1v) is 9.90. The average molecular weight is 396 g/mol.